The molecule has 1 fully saturated rings. The Morgan fingerprint density at radius 2 is 0.873 bits per heavy atom. The number of rotatable bonds is 57. The molecule has 8 atom stereocenters. The molecule has 11 heteroatoms. The van der Waals surface area contributed by atoms with Crippen LogP contribution in [0, 0.1) is 0 Å². The van der Waals surface area contributed by atoms with Crippen molar-refractivity contribution < 1.29 is 49.3 Å². The topological polar surface area (TPSA) is 175 Å². The highest BCUT2D eigenvalue weighted by molar-refractivity contribution is 5.80. The van der Waals surface area contributed by atoms with Crippen molar-refractivity contribution >= 4 is 11.9 Å². The Hall–Kier alpha value is -2.38. The Morgan fingerprint density at radius 3 is 1.33 bits per heavy atom. The number of aliphatic hydroxyl groups is 5. The molecule has 0 spiro atoms. The van der Waals surface area contributed by atoms with Gasteiger partial charge < -0.3 is 45.1 Å². The maximum atomic E-state index is 13.5. The van der Waals surface area contributed by atoms with Crippen LogP contribution in [0.25, 0.3) is 0 Å². The molecule has 11 nitrogen and oxygen atoms in total. The molecule has 1 heterocycles. The van der Waals surface area contributed by atoms with Crippen LogP contribution in [0.5, 0.6) is 0 Å². The SMILES string of the molecule is CCCCC/C=C\C/C=C\C/C=C\CCCCCCCCCC(O)C(=O)NC(COC1OC(CO)C(O)C(O)C1OC(=O)CCCCCCCCCCCCCCCCCCC)C(O)/C=C/CCCCCCCCCCCCC. The quantitative estimate of drug-likeness (QED) is 0.0195. The molecule has 462 valence electrons. The van der Waals surface area contributed by atoms with Crippen LogP contribution in [0.2, 0.25) is 0 Å². The second kappa shape index (κ2) is 56.1. The molecule has 0 aromatic carbocycles. The van der Waals surface area contributed by atoms with Gasteiger partial charge in [-0.25, -0.2) is 0 Å². The number of nitrogens with one attached hydrogen (secondary N) is 1. The van der Waals surface area contributed by atoms with Crippen molar-refractivity contribution in [3.8, 4) is 0 Å². The Labute approximate surface area is 485 Å². The summed E-state index contributed by atoms with van der Waals surface area (Å²) in [6, 6.07) is -1.03. The number of aliphatic hydroxyl groups excluding tert-OH is 5. The predicted molar refractivity (Wildman–Crippen MR) is 329 cm³/mol. The van der Waals surface area contributed by atoms with Gasteiger partial charge in [0.25, 0.3) is 0 Å². The zero-order valence-corrected chi connectivity index (χ0v) is 51.2. The van der Waals surface area contributed by atoms with Crippen LogP contribution < -0.4 is 5.32 Å². The van der Waals surface area contributed by atoms with E-state index in [2.05, 4.69) is 62.5 Å². The summed E-state index contributed by atoms with van der Waals surface area (Å²) in [6.45, 7) is 5.79. The lowest BCUT2D eigenvalue weighted by molar-refractivity contribution is -0.305. The third-order valence-electron chi connectivity index (χ3n) is 15.7. The predicted octanol–water partition coefficient (Wildman–Crippen LogP) is 16.4. The highest BCUT2D eigenvalue weighted by atomic mass is 16.7. The van der Waals surface area contributed by atoms with Crippen LogP contribution in [0.4, 0.5) is 0 Å². The zero-order valence-electron chi connectivity index (χ0n) is 51.2. The highest BCUT2D eigenvalue weighted by Crippen LogP contribution is 2.26. The fraction of sp³-hybridized carbons (Fsp3) is 0.853. The number of ether oxygens (including phenoxy) is 3. The van der Waals surface area contributed by atoms with E-state index in [4.69, 9.17) is 14.2 Å². The average Bonchev–Trinajstić information content (AvgIpc) is 3.49. The first-order chi connectivity index (χ1) is 38.7. The number of amides is 1. The molecule has 0 aromatic rings. The van der Waals surface area contributed by atoms with Crippen LogP contribution in [0.1, 0.15) is 310 Å². The van der Waals surface area contributed by atoms with Gasteiger partial charge in [-0.2, -0.15) is 0 Å². The van der Waals surface area contributed by atoms with Crippen molar-refractivity contribution in [1.29, 1.82) is 0 Å². The van der Waals surface area contributed by atoms with Crippen molar-refractivity contribution in [3.63, 3.8) is 0 Å². The van der Waals surface area contributed by atoms with Crippen LogP contribution in [0.3, 0.4) is 0 Å². The minimum atomic E-state index is -1.61. The largest absolute Gasteiger partial charge is 0.454 e. The molecule has 8 unspecified atom stereocenters. The molecule has 79 heavy (non-hydrogen) atoms. The van der Waals surface area contributed by atoms with Crippen molar-refractivity contribution in [1.82, 2.24) is 5.32 Å². The van der Waals surface area contributed by atoms with E-state index in [0.717, 1.165) is 83.5 Å². The second-order valence-corrected chi connectivity index (χ2v) is 23.2. The van der Waals surface area contributed by atoms with Crippen molar-refractivity contribution in [2.75, 3.05) is 13.2 Å². The van der Waals surface area contributed by atoms with Gasteiger partial charge in [0.05, 0.1) is 25.4 Å². The highest BCUT2D eigenvalue weighted by Gasteiger charge is 2.47. The van der Waals surface area contributed by atoms with E-state index in [1.165, 1.54) is 180 Å². The van der Waals surface area contributed by atoms with E-state index in [-0.39, 0.29) is 19.4 Å². The summed E-state index contributed by atoms with van der Waals surface area (Å²) < 4.78 is 17.7. The molecule has 1 aliphatic rings. The summed E-state index contributed by atoms with van der Waals surface area (Å²) >= 11 is 0. The van der Waals surface area contributed by atoms with Crippen molar-refractivity contribution in [2.45, 2.75) is 359 Å². The minimum Gasteiger partial charge on any atom is -0.454 e. The number of carbonyl (C=O) groups excluding carboxylic acids is 2. The minimum absolute atomic E-state index is 0.127. The molecular formula is C68H125NO10. The number of hydrogen-bond donors (Lipinski definition) is 6. The monoisotopic (exact) mass is 1120 g/mol. The molecule has 1 saturated heterocycles. The lowest BCUT2D eigenvalue weighted by atomic mass is 9.99. The molecule has 0 radical (unpaired) electrons. The normalized spacial score (nSPS) is 19.1. The van der Waals surface area contributed by atoms with Gasteiger partial charge in [-0.3, -0.25) is 9.59 Å². The standard InChI is InChI=1S/C68H125NO10/c1-4-7-10-13-16-19-22-25-27-29-30-31-33-34-37-40-43-46-49-52-55-61(72)67(76)69-59(60(71)54-51-48-45-42-39-36-24-21-18-15-12-9-6-3)58-77-68-66(65(75)64(74)62(57-70)78-68)79-63(73)56-53-50-47-44-41-38-35-32-28-26-23-20-17-14-11-8-5-2/h16,19,25,27,30-31,51,54,59-62,64-66,68,70-72,74-75H,4-15,17-18,20-24,26,28-29,32-50,52-53,55-58H2,1-3H3,(H,69,76)/b19-16-,27-25-,31-30-,54-51+. The second-order valence-electron chi connectivity index (χ2n) is 23.2. The van der Waals surface area contributed by atoms with Gasteiger partial charge in [0.2, 0.25) is 5.91 Å². The number of hydrogen-bond acceptors (Lipinski definition) is 10. The van der Waals surface area contributed by atoms with Gasteiger partial charge >= 0.3 is 5.97 Å². The summed E-state index contributed by atoms with van der Waals surface area (Å²) in [5, 5.41) is 57.1. The number of esters is 1. The van der Waals surface area contributed by atoms with Crippen LogP contribution in [0.15, 0.2) is 48.6 Å². The first-order valence-electron chi connectivity index (χ1n) is 33.4. The summed E-state index contributed by atoms with van der Waals surface area (Å²) in [6.07, 6.45) is 58.5. The number of unbranched alkanes of at least 4 members (excludes halogenated alkanes) is 37. The number of carbonyl (C=O) groups is 2. The first-order valence-corrected chi connectivity index (χ1v) is 33.4. The third kappa shape index (κ3) is 43.9. The Morgan fingerprint density at radius 1 is 0.494 bits per heavy atom. The molecule has 6 N–H and O–H groups in total. The number of allylic oxidation sites excluding steroid dienone is 7. The van der Waals surface area contributed by atoms with Gasteiger partial charge in [-0.15, -0.1) is 0 Å². The molecule has 1 rings (SSSR count). The van der Waals surface area contributed by atoms with Crippen molar-refractivity contribution in [2.24, 2.45) is 0 Å². The molecule has 1 amide bonds. The Balaban J connectivity index is 2.65. The van der Waals surface area contributed by atoms with E-state index < -0.39 is 67.4 Å². The molecular weight excluding hydrogens is 991 g/mol. The smallest absolute Gasteiger partial charge is 0.306 e. The van der Waals surface area contributed by atoms with Gasteiger partial charge in [-0.1, -0.05) is 288 Å². The Bertz CT molecular complexity index is 1470. The van der Waals surface area contributed by atoms with E-state index in [0.29, 0.717) is 12.8 Å². The lowest BCUT2D eigenvalue weighted by Gasteiger charge is -2.41. The van der Waals surface area contributed by atoms with E-state index in [1.807, 2.05) is 6.08 Å². The molecule has 0 aliphatic carbocycles. The van der Waals surface area contributed by atoms with E-state index >= 15 is 0 Å². The molecule has 0 bridgehead atoms. The van der Waals surface area contributed by atoms with Crippen LogP contribution >= 0.6 is 0 Å². The molecule has 0 saturated carbocycles. The fourth-order valence-electron chi connectivity index (χ4n) is 10.4. The molecule has 0 aromatic heterocycles. The van der Waals surface area contributed by atoms with Crippen LogP contribution in [-0.2, 0) is 23.8 Å². The maximum absolute atomic E-state index is 13.5. The van der Waals surface area contributed by atoms with Crippen LogP contribution in [-0.4, -0.2) is 99.6 Å². The van der Waals surface area contributed by atoms with Gasteiger partial charge in [-0.05, 0) is 64.2 Å². The summed E-state index contributed by atoms with van der Waals surface area (Å²) in [4.78, 5) is 26.6. The van der Waals surface area contributed by atoms with E-state index in [9.17, 15) is 35.1 Å². The molecule has 1 aliphatic heterocycles. The van der Waals surface area contributed by atoms with Crippen molar-refractivity contribution in [3.05, 3.63) is 48.6 Å². The summed E-state index contributed by atoms with van der Waals surface area (Å²) in [7, 11) is 0. The van der Waals surface area contributed by atoms with Gasteiger partial charge in [0, 0.05) is 6.42 Å². The lowest BCUT2D eigenvalue weighted by Crippen LogP contribution is -2.61. The summed E-state index contributed by atoms with van der Waals surface area (Å²) in [5.74, 6) is -1.19. The average molecular weight is 1120 g/mol. The van der Waals surface area contributed by atoms with Gasteiger partial charge in [0.15, 0.2) is 12.4 Å². The summed E-state index contributed by atoms with van der Waals surface area (Å²) in [5.41, 5.74) is 0. The fourth-order valence-corrected chi connectivity index (χ4v) is 10.4. The first kappa shape index (κ1) is 74.6. The third-order valence-corrected chi connectivity index (χ3v) is 15.7. The van der Waals surface area contributed by atoms with Gasteiger partial charge in [0.1, 0.15) is 24.4 Å². The zero-order chi connectivity index (χ0) is 57.5. The van der Waals surface area contributed by atoms with E-state index in [1.54, 1.807) is 6.08 Å². The Kier molecular flexibility index (Phi) is 53.0. The maximum Gasteiger partial charge on any atom is 0.306 e.